The summed E-state index contributed by atoms with van der Waals surface area (Å²) in [6, 6.07) is 8.70. The Hall–Kier alpha value is -2.80. The quantitative estimate of drug-likeness (QED) is 0.743. The van der Waals surface area contributed by atoms with Crippen molar-refractivity contribution >= 4 is 29.0 Å². The summed E-state index contributed by atoms with van der Waals surface area (Å²) in [7, 11) is 3.35. The number of nitrogens with one attached hydrogen (secondary N) is 1. The number of aromatic nitrogens is 3. The lowest BCUT2D eigenvalue weighted by Crippen LogP contribution is -2.26. The lowest BCUT2D eigenvalue weighted by molar-refractivity contribution is 0.0785. The van der Waals surface area contributed by atoms with E-state index in [1.54, 1.807) is 49.6 Å². The molecule has 6 nitrogen and oxygen atoms in total. The van der Waals surface area contributed by atoms with Crippen molar-refractivity contribution in [1.29, 1.82) is 0 Å². The fourth-order valence-corrected chi connectivity index (χ4v) is 2.69. The summed E-state index contributed by atoms with van der Waals surface area (Å²) in [4.78, 5) is 33.4. The fraction of sp³-hybridized carbons (Fsp3) is 0.176. The predicted octanol–water partition coefficient (Wildman–Crippen LogP) is 2.26. The molecule has 2 heterocycles. The van der Waals surface area contributed by atoms with E-state index in [2.05, 4.69) is 9.97 Å². The molecular weight excluding hydrogens is 324 g/mol. The van der Waals surface area contributed by atoms with Crippen LogP contribution in [0, 0.1) is 4.77 Å². The van der Waals surface area contributed by atoms with Crippen LogP contribution in [0.3, 0.4) is 0 Å². The summed E-state index contributed by atoms with van der Waals surface area (Å²) in [6.07, 6.45) is 3.39. The van der Waals surface area contributed by atoms with Gasteiger partial charge in [-0.15, -0.1) is 0 Å². The molecule has 0 bridgehead atoms. The van der Waals surface area contributed by atoms with Gasteiger partial charge in [-0.1, -0.05) is 0 Å². The topological polar surface area (TPSA) is 71.0 Å². The van der Waals surface area contributed by atoms with E-state index in [9.17, 15) is 9.59 Å². The number of rotatable bonds is 3. The molecule has 3 rings (SSSR count). The van der Waals surface area contributed by atoms with Gasteiger partial charge in [-0.25, -0.2) is 0 Å². The molecular formula is C17H16N4O2S. The second-order valence-corrected chi connectivity index (χ2v) is 5.96. The van der Waals surface area contributed by atoms with Gasteiger partial charge in [0, 0.05) is 38.6 Å². The van der Waals surface area contributed by atoms with Crippen molar-refractivity contribution < 1.29 is 4.79 Å². The Kier molecular flexibility index (Phi) is 4.26. The maximum absolute atomic E-state index is 12.6. The zero-order valence-electron chi connectivity index (χ0n) is 13.3. The zero-order valence-corrected chi connectivity index (χ0v) is 14.1. The van der Waals surface area contributed by atoms with Gasteiger partial charge in [0.15, 0.2) is 4.77 Å². The van der Waals surface area contributed by atoms with Crippen LogP contribution < -0.4 is 5.56 Å². The van der Waals surface area contributed by atoms with E-state index < -0.39 is 0 Å². The van der Waals surface area contributed by atoms with E-state index in [4.69, 9.17) is 12.2 Å². The number of H-pyrrole nitrogens is 1. The molecule has 0 saturated carbocycles. The fourth-order valence-electron chi connectivity index (χ4n) is 2.49. The maximum atomic E-state index is 12.6. The van der Waals surface area contributed by atoms with Crippen molar-refractivity contribution in [3.8, 4) is 0 Å². The molecule has 2 aromatic heterocycles. The van der Waals surface area contributed by atoms with Crippen molar-refractivity contribution in [2.24, 2.45) is 7.05 Å². The van der Waals surface area contributed by atoms with Crippen molar-refractivity contribution in [1.82, 2.24) is 19.4 Å². The Bertz CT molecular complexity index is 1020. The third kappa shape index (κ3) is 2.98. The van der Waals surface area contributed by atoms with Crippen LogP contribution in [0.4, 0.5) is 0 Å². The lowest BCUT2D eigenvalue weighted by Gasteiger charge is -2.17. The van der Waals surface area contributed by atoms with Gasteiger partial charge in [0.25, 0.3) is 11.5 Å². The van der Waals surface area contributed by atoms with Crippen LogP contribution in [0.5, 0.6) is 0 Å². The number of nitrogens with zero attached hydrogens (tertiary/aromatic N) is 3. The molecule has 1 amide bonds. The molecule has 0 atom stereocenters. The van der Waals surface area contributed by atoms with Gasteiger partial charge in [-0.3, -0.25) is 19.1 Å². The standard InChI is InChI=1S/C17H16N4O2S/c1-20(10-11-5-7-18-8-6-11)15(22)12-3-4-13-14(9-12)19-17(24)21(2)16(13)23/h3-9H,10H2,1-2H3,(H,19,24). The number of hydrogen-bond acceptors (Lipinski definition) is 4. The van der Waals surface area contributed by atoms with E-state index in [1.807, 2.05) is 12.1 Å². The molecule has 3 aromatic rings. The highest BCUT2D eigenvalue weighted by Crippen LogP contribution is 2.13. The molecule has 0 fully saturated rings. The lowest BCUT2D eigenvalue weighted by atomic mass is 10.1. The summed E-state index contributed by atoms with van der Waals surface area (Å²) in [5.74, 6) is -0.131. The number of carbonyl (C=O) groups is 1. The van der Waals surface area contributed by atoms with E-state index >= 15 is 0 Å². The molecule has 0 aliphatic heterocycles. The molecule has 0 radical (unpaired) electrons. The first-order valence-electron chi connectivity index (χ1n) is 7.35. The van der Waals surface area contributed by atoms with Gasteiger partial charge in [-0.2, -0.15) is 0 Å². The Morgan fingerprint density at radius 3 is 2.71 bits per heavy atom. The highest BCUT2D eigenvalue weighted by molar-refractivity contribution is 7.71. The second kappa shape index (κ2) is 6.37. The summed E-state index contributed by atoms with van der Waals surface area (Å²) >= 11 is 5.12. The number of carbonyl (C=O) groups excluding carboxylic acids is 1. The van der Waals surface area contributed by atoms with Gasteiger partial charge >= 0.3 is 0 Å². The second-order valence-electron chi connectivity index (χ2n) is 5.57. The van der Waals surface area contributed by atoms with Crippen molar-refractivity contribution in [3.63, 3.8) is 0 Å². The molecule has 0 unspecified atom stereocenters. The Morgan fingerprint density at radius 2 is 2.00 bits per heavy atom. The van der Waals surface area contributed by atoms with Gasteiger partial charge in [0.05, 0.1) is 10.9 Å². The molecule has 0 spiro atoms. The van der Waals surface area contributed by atoms with Crippen LogP contribution in [-0.4, -0.2) is 32.4 Å². The largest absolute Gasteiger partial charge is 0.337 e. The molecule has 122 valence electrons. The number of hydrogen-bond donors (Lipinski definition) is 1. The Labute approximate surface area is 143 Å². The first kappa shape index (κ1) is 16.1. The third-order valence-corrected chi connectivity index (χ3v) is 4.24. The number of pyridine rings is 1. The van der Waals surface area contributed by atoms with Gasteiger partial charge in [0.1, 0.15) is 0 Å². The summed E-state index contributed by atoms with van der Waals surface area (Å²) in [6.45, 7) is 0.478. The first-order chi connectivity index (χ1) is 11.5. The molecule has 0 aliphatic carbocycles. The minimum absolute atomic E-state index is 0.131. The van der Waals surface area contributed by atoms with Crippen molar-refractivity contribution in [3.05, 3.63) is 69.0 Å². The minimum Gasteiger partial charge on any atom is -0.337 e. The minimum atomic E-state index is -0.183. The molecule has 1 N–H and O–H groups in total. The predicted molar refractivity (Wildman–Crippen MR) is 94.4 cm³/mol. The zero-order chi connectivity index (χ0) is 17.3. The average Bonchev–Trinajstić information content (AvgIpc) is 2.59. The number of fused-ring (bicyclic) bond motifs is 1. The normalized spacial score (nSPS) is 10.8. The summed E-state index contributed by atoms with van der Waals surface area (Å²) in [5.41, 5.74) is 1.87. The first-order valence-corrected chi connectivity index (χ1v) is 7.75. The monoisotopic (exact) mass is 340 g/mol. The van der Waals surface area contributed by atoms with Crippen LogP contribution >= 0.6 is 12.2 Å². The van der Waals surface area contributed by atoms with Crippen molar-refractivity contribution in [2.45, 2.75) is 6.54 Å². The van der Waals surface area contributed by atoms with Gasteiger partial charge in [-0.05, 0) is 48.1 Å². The SMILES string of the molecule is CN(Cc1ccncc1)C(=O)c1ccc2c(=O)n(C)c(=S)[nH]c2c1. The van der Waals surface area contributed by atoms with Crippen LogP contribution in [0.1, 0.15) is 15.9 Å². The number of benzene rings is 1. The number of amides is 1. The molecule has 24 heavy (non-hydrogen) atoms. The average molecular weight is 340 g/mol. The maximum Gasteiger partial charge on any atom is 0.261 e. The Morgan fingerprint density at radius 1 is 1.29 bits per heavy atom. The van der Waals surface area contributed by atoms with E-state index in [-0.39, 0.29) is 11.5 Å². The van der Waals surface area contributed by atoms with E-state index in [1.165, 1.54) is 4.57 Å². The smallest absolute Gasteiger partial charge is 0.261 e. The van der Waals surface area contributed by atoms with E-state index in [0.29, 0.717) is 27.8 Å². The van der Waals surface area contributed by atoms with Gasteiger partial charge in [0.2, 0.25) is 0 Å². The highest BCUT2D eigenvalue weighted by atomic mass is 32.1. The van der Waals surface area contributed by atoms with Crippen LogP contribution in [0.15, 0.2) is 47.5 Å². The van der Waals surface area contributed by atoms with Crippen LogP contribution in [-0.2, 0) is 13.6 Å². The van der Waals surface area contributed by atoms with E-state index in [0.717, 1.165) is 5.56 Å². The van der Waals surface area contributed by atoms with Crippen molar-refractivity contribution in [2.75, 3.05) is 7.05 Å². The van der Waals surface area contributed by atoms with Crippen LogP contribution in [0.25, 0.3) is 10.9 Å². The summed E-state index contributed by atoms with van der Waals surface area (Å²) < 4.78 is 1.69. The molecule has 0 saturated heterocycles. The number of aromatic amines is 1. The van der Waals surface area contributed by atoms with Crippen LogP contribution in [0.2, 0.25) is 0 Å². The third-order valence-electron chi connectivity index (χ3n) is 3.86. The molecule has 0 aliphatic rings. The molecule has 1 aromatic carbocycles. The highest BCUT2D eigenvalue weighted by Gasteiger charge is 2.14. The Balaban J connectivity index is 1.94. The molecule has 7 heteroatoms. The summed E-state index contributed by atoms with van der Waals surface area (Å²) in [5, 5.41) is 0.499. The van der Waals surface area contributed by atoms with Gasteiger partial charge < -0.3 is 9.88 Å².